The first-order chi connectivity index (χ1) is 15.5. The summed E-state index contributed by atoms with van der Waals surface area (Å²) >= 11 is 0. The number of imidazole rings is 1. The number of aromatic nitrogens is 5. The highest BCUT2D eigenvalue weighted by Crippen LogP contribution is 2.34. The number of hydrogen-bond acceptors (Lipinski definition) is 7. The maximum Gasteiger partial charge on any atom is 0.179 e. The van der Waals surface area contributed by atoms with E-state index in [0.717, 1.165) is 55.0 Å². The summed E-state index contributed by atoms with van der Waals surface area (Å²) in [5, 5.41) is 19.4. The summed E-state index contributed by atoms with van der Waals surface area (Å²) in [6.07, 6.45) is 6.61. The first kappa shape index (κ1) is 20.9. The summed E-state index contributed by atoms with van der Waals surface area (Å²) in [6, 6.07) is 6.63. The molecule has 168 valence electrons. The molecule has 3 aromatic heterocycles. The van der Waals surface area contributed by atoms with Crippen molar-refractivity contribution in [3.05, 3.63) is 30.1 Å². The van der Waals surface area contributed by atoms with Gasteiger partial charge in [0.1, 0.15) is 11.5 Å². The summed E-state index contributed by atoms with van der Waals surface area (Å²) in [7, 11) is 0. The Morgan fingerprint density at radius 3 is 2.88 bits per heavy atom. The van der Waals surface area contributed by atoms with Crippen LogP contribution in [0.15, 0.2) is 24.5 Å². The fraction of sp³-hybridized carbons (Fsp3) is 0.565. The third-order valence-corrected chi connectivity index (χ3v) is 6.43. The van der Waals surface area contributed by atoms with Gasteiger partial charge in [-0.15, -0.1) is 5.10 Å². The van der Waals surface area contributed by atoms with E-state index in [1.54, 1.807) is 6.20 Å². The van der Waals surface area contributed by atoms with Crippen LogP contribution in [0.3, 0.4) is 0 Å². The SMILES string of the molecule is CC1COCCN1c1cc(C(C)(C)C#N)c2cnc(-c3ccnn3C3CCCCO3)n2n1. The first-order valence-corrected chi connectivity index (χ1v) is 11.3. The zero-order valence-electron chi connectivity index (χ0n) is 18.9. The maximum atomic E-state index is 9.90. The molecular formula is C23H29N7O2. The molecule has 0 N–H and O–H groups in total. The molecule has 5 rings (SSSR count). The fourth-order valence-corrected chi connectivity index (χ4v) is 4.55. The van der Waals surface area contributed by atoms with E-state index in [1.165, 1.54) is 0 Å². The molecule has 9 nitrogen and oxygen atoms in total. The van der Waals surface area contributed by atoms with Crippen molar-refractivity contribution < 1.29 is 9.47 Å². The molecule has 32 heavy (non-hydrogen) atoms. The molecule has 2 aliphatic rings. The van der Waals surface area contributed by atoms with Gasteiger partial charge >= 0.3 is 0 Å². The van der Waals surface area contributed by atoms with Crippen LogP contribution in [0.5, 0.6) is 0 Å². The minimum Gasteiger partial charge on any atom is -0.377 e. The van der Waals surface area contributed by atoms with Gasteiger partial charge in [-0.1, -0.05) is 0 Å². The molecule has 2 unspecified atom stereocenters. The molecule has 0 aliphatic carbocycles. The first-order valence-electron chi connectivity index (χ1n) is 11.3. The Morgan fingerprint density at radius 1 is 1.25 bits per heavy atom. The Kier molecular flexibility index (Phi) is 5.35. The van der Waals surface area contributed by atoms with Gasteiger partial charge in [-0.05, 0) is 52.2 Å². The molecule has 2 saturated heterocycles. The van der Waals surface area contributed by atoms with Crippen molar-refractivity contribution >= 4 is 11.3 Å². The fourth-order valence-electron chi connectivity index (χ4n) is 4.55. The summed E-state index contributed by atoms with van der Waals surface area (Å²) in [6.45, 7) is 8.80. The van der Waals surface area contributed by atoms with E-state index in [9.17, 15) is 5.26 Å². The molecule has 3 aromatic rings. The second-order valence-corrected chi connectivity index (χ2v) is 9.13. The zero-order valence-corrected chi connectivity index (χ0v) is 18.9. The van der Waals surface area contributed by atoms with Crippen molar-refractivity contribution in [1.29, 1.82) is 5.26 Å². The van der Waals surface area contributed by atoms with Crippen LogP contribution >= 0.6 is 0 Å². The number of rotatable bonds is 4. The summed E-state index contributed by atoms with van der Waals surface area (Å²) < 4.78 is 15.4. The van der Waals surface area contributed by atoms with Crippen molar-refractivity contribution in [2.45, 2.75) is 57.7 Å². The van der Waals surface area contributed by atoms with Gasteiger partial charge in [0.15, 0.2) is 12.1 Å². The third kappa shape index (κ3) is 3.53. The van der Waals surface area contributed by atoms with Crippen molar-refractivity contribution in [1.82, 2.24) is 24.4 Å². The highest BCUT2D eigenvalue weighted by molar-refractivity contribution is 5.67. The molecule has 0 radical (unpaired) electrons. The van der Waals surface area contributed by atoms with Crippen molar-refractivity contribution in [3.8, 4) is 17.6 Å². The number of nitrogens with zero attached hydrogens (tertiary/aromatic N) is 7. The van der Waals surface area contributed by atoms with E-state index in [2.05, 4.69) is 23.0 Å². The lowest BCUT2D eigenvalue weighted by Gasteiger charge is -2.35. The molecule has 5 heterocycles. The quantitative estimate of drug-likeness (QED) is 0.620. The molecule has 0 bridgehead atoms. The topological polar surface area (TPSA) is 93.5 Å². The minimum atomic E-state index is -0.696. The average molecular weight is 436 g/mol. The van der Waals surface area contributed by atoms with Crippen LogP contribution < -0.4 is 4.90 Å². The lowest BCUT2D eigenvalue weighted by atomic mass is 9.86. The summed E-state index contributed by atoms with van der Waals surface area (Å²) in [4.78, 5) is 6.98. The highest BCUT2D eigenvalue weighted by atomic mass is 16.5. The van der Waals surface area contributed by atoms with Crippen LogP contribution in [-0.4, -0.2) is 56.8 Å². The minimum absolute atomic E-state index is 0.0985. The van der Waals surface area contributed by atoms with E-state index in [0.29, 0.717) is 19.0 Å². The number of morpholine rings is 1. The van der Waals surface area contributed by atoms with Crippen molar-refractivity contribution in [2.24, 2.45) is 0 Å². The van der Waals surface area contributed by atoms with Gasteiger partial charge in [-0.3, -0.25) is 0 Å². The van der Waals surface area contributed by atoms with Crippen LogP contribution in [0.4, 0.5) is 5.82 Å². The zero-order chi connectivity index (χ0) is 22.3. The van der Waals surface area contributed by atoms with E-state index in [1.807, 2.05) is 41.4 Å². The Balaban J connectivity index is 1.68. The predicted molar refractivity (Wildman–Crippen MR) is 119 cm³/mol. The van der Waals surface area contributed by atoms with Crippen LogP contribution in [0.1, 0.15) is 51.8 Å². The number of fused-ring (bicyclic) bond motifs is 1. The number of nitriles is 1. The van der Waals surface area contributed by atoms with E-state index in [-0.39, 0.29) is 12.3 Å². The maximum absolute atomic E-state index is 9.90. The predicted octanol–water partition coefficient (Wildman–Crippen LogP) is 3.32. The van der Waals surface area contributed by atoms with Crippen molar-refractivity contribution in [2.75, 3.05) is 31.3 Å². The number of ether oxygens (including phenoxy) is 2. The molecule has 0 aromatic carbocycles. The Morgan fingerprint density at radius 2 is 2.12 bits per heavy atom. The largest absolute Gasteiger partial charge is 0.377 e. The van der Waals surface area contributed by atoms with E-state index < -0.39 is 5.41 Å². The number of hydrogen-bond donors (Lipinski definition) is 0. The lowest BCUT2D eigenvalue weighted by Crippen LogP contribution is -2.44. The van der Waals surface area contributed by atoms with Crippen LogP contribution in [0.25, 0.3) is 17.0 Å². The van der Waals surface area contributed by atoms with Gasteiger partial charge in [0.2, 0.25) is 0 Å². The van der Waals surface area contributed by atoms with Crippen molar-refractivity contribution in [3.63, 3.8) is 0 Å². The molecule has 2 fully saturated rings. The Labute approximate surface area is 187 Å². The Bertz CT molecular complexity index is 1150. The molecule has 0 spiro atoms. The lowest BCUT2D eigenvalue weighted by molar-refractivity contribution is -0.0384. The van der Waals surface area contributed by atoms with E-state index >= 15 is 0 Å². The van der Waals surface area contributed by atoms with Gasteiger partial charge in [0, 0.05) is 24.9 Å². The standard InChI is InChI=1S/C23H29N7O2/c1-16-14-31-11-9-28(16)20-12-17(23(2,3)15-24)19-13-25-22(30(19)27-20)18-7-8-26-29(18)21-6-4-5-10-32-21/h7-8,12-13,16,21H,4-6,9-11,14H2,1-3H3. The molecule has 9 heteroatoms. The smallest absolute Gasteiger partial charge is 0.179 e. The van der Waals surface area contributed by atoms with Crippen LogP contribution in [0.2, 0.25) is 0 Å². The summed E-state index contributed by atoms with van der Waals surface area (Å²) in [5.41, 5.74) is 1.90. The van der Waals surface area contributed by atoms with Gasteiger partial charge < -0.3 is 14.4 Å². The van der Waals surface area contributed by atoms with Gasteiger partial charge in [-0.25, -0.2) is 14.2 Å². The van der Waals surface area contributed by atoms with E-state index in [4.69, 9.17) is 19.6 Å². The van der Waals surface area contributed by atoms with Gasteiger partial charge in [-0.2, -0.15) is 10.4 Å². The molecule has 2 aliphatic heterocycles. The normalized spacial score (nSPS) is 22.2. The molecule has 2 atom stereocenters. The second kappa shape index (κ2) is 8.19. The molecule has 0 amide bonds. The highest BCUT2D eigenvalue weighted by Gasteiger charge is 2.30. The second-order valence-electron chi connectivity index (χ2n) is 9.13. The molecular weight excluding hydrogens is 406 g/mol. The van der Waals surface area contributed by atoms with Crippen LogP contribution in [-0.2, 0) is 14.9 Å². The van der Waals surface area contributed by atoms with Crippen LogP contribution in [0, 0.1) is 11.3 Å². The van der Waals surface area contributed by atoms with Gasteiger partial charge in [0.05, 0.1) is 42.5 Å². The third-order valence-electron chi connectivity index (χ3n) is 6.43. The van der Waals surface area contributed by atoms with Gasteiger partial charge in [0.25, 0.3) is 0 Å². The average Bonchev–Trinajstić information content (AvgIpc) is 3.46. The summed E-state index contributed by atoms with van der Waals surface area (Å²) in [5.74, 6) is 1.52. The Hall–Kier alpha value is -2.96. The number of anilines is 1. The monoisotopic (exact) mass is 435 g/mol. The molecule has 0 saturated carbocycles.